The number of hydrogen-bond acceptors (Lipinski definition) is 3. The monoisotopic (exact) mass is 274 g/mol. The van der Waals surface area contributed by atoms with E-state index in [-0.39, 0.29) is 0 Å². The highest BCUT2D eigenvalue weighted by Gasteiger charge is 2.05. The molecule has 0 aliphatic heterocycles. The van der Waals surface area contributed by atoms with Crippen molar-refractivity contribution in [2.45, 2.75) is 19.2 Å². The Balaban J connectivity index is 2.46. The van der Waals surface area contributed by atoms with E-state index in [2.05, 4.69) is 6.92 Å². The van der Waals surface area contributed by atoms with Gasteiger partial charge in [0.1, 0.15) is 0 Å². The summed E-state index contributed by atoms with van der Waals surface area (Å²) in [6, 6.07) is 5.80. The lowest BCUT2D eigenvalue weighted by Crippen LogP contribution is -2.01. The van der Waals surface area contributed by atoms with Gasteiger partial charge in [-0.25, -0.2) is 0 Å². The molecular weight excluding hydrogens is 256 g/mol. The van der Waals surface area contributed by atoms with E-state index in [1.165, 1.54) is 0 Å². The molecule has 0 bridgehead atoms. The molecule has 0 amide bonds. The average Bonchev–Trinajstić information content (AvgIpc) is 2.38. The highest BCUT2D eigenvalue weighted by Crippen LogP contribution is 2.28. The summed E-state index contributed by atoms with van der Waals surface area (Å²) in [6.07, 6.45) is 1.05. The van der Waals surface area contributed by atoms with Crippen LogP contribution in [0.25, 0.3) is 0 Å². The molecule has 0 fully saturated rings. The summed E-state index contributed by atoms with van der Waals surface area (Å²) in [5.41, 5.74) is 1.04. The summed E-state index contributed by atoms with van der Waals surface area (Å²) in [7, 11) is 1.65. The first-order chi connectivity index (χ1) is 8.31. The zero-order valence-corrected chi connectivity index (χ0v) is 11.9. The lowest BCUT2D eigenvalue weighted by atomic mass is 10.2. The summed E-state index contributed by atoms with van der Waals surface area (Å²) in [5, 5.41) is 0. The van der Waals surface area contributed by atoms with Crippen LogP contribution >= 0.6 is 23.4 Å². The van der Waals surface area contributed by atoms with Crippen molar-refractivity contribution in [3.8, 4) is 11.5 Å². The molecule has 2 nitrogen and oxygen atoms in total. The van der Waals surface area contributed by atoms with E-state index in [4.69, 9.17) is 21.1 Å². The highest BCUT2D eigenvalue weighted by molar-refractivity contribution is 7.99. The lowest BCUT2D eigenvalue weighted by Gasteiger charge is -2.11. The van der Waals surface area contributed by atoms with Gasteiger partial charge in [0.25, 0.3) is 0 Å². The molecule has 0 aromatic heterocycles. The molecule has 1 aromatic rings. The van der Waals surface area contributed by atoms with Gasteiger partial charge in [0.15, 0.2) is 11.5 Å². The number of methoxy groups -OCH3 is 1. The highest BCUT2D eigenvalue weighted by atomic mass is 35.5. The van der Waals surface area contributed by atoms with Crippen molar-refractivity contribution in [2.24, 2.45) is 0 Å². The van der Waals surface area contributed by atoms with Crippen LogP contribution < -0.4 is 9.47 Å². The Morgan fingerprint density at radius 2 is 2.12 bits per heavy atom. The molecule has 0 saturated heterocycles. The summed E-state index contributed by atoms with van der Waals surface area (Å²) < 4.78 is 11.0. The first-order valence-corrected chi connectivity index (χ1v) is 7.44. The maximum absolute atomic E-state index is 5.77. The van der Waals surface area contributed by atoms with E-state index in [1.807, 2.05) is 30.0 Å². The SMILES string of the molecule is CCSCCCOc1ccc(CCl)cc1OC. The van der Waals surface area contributed by atoms with E-state index in [9.17, 15) is 0 Å². The number of halogens is 1. The predicted octanol–water partition coefficient (Wildman–Crippen LogP) is 3.96. The fourth-order valence-corrected chi connectivity index (χ4v) is 2.18. The second-order valence-corrected chi connectivity index (χ2v) is 5.18. The van der Waals surface area contributed by atoms with Gasteiger partial charge in [-0.3, -0.25) is 0 Å². The van der Waals surface area contributed by atoms with Crippen LogP contribution in [0.4, 0.5) is 0 Å². The third kappa shape index (κ3) is 5.09. The zero-order valence-electron chi connectivity index (χ0n) is 10.4. The predicted molar refractivity (Wildman–Crippen MR) is 75.7 cm³/mol. The number of rotatable bonds is 8. The van der Waals surface area contributed by atoms with Gasteiger partial charge in [0.2, 0.25) is 0 Å². The van der Waals surface area contributed by atoms with E-state index in [1.54, 1.807) is 7.11 Å². The van der Waals surface area contributed by atoms with E-state index < -0.39 is 0 Å². The summed E-state index contributed by atoms with van der Waals surface area (Å²) >= 11 is 7.70. The maximum atomic E-state index is 5.77. The van der Waals surface area contributed by atoms with Crippen molar-refractivity contribution >= 4 is 23.4 Å². The smallest absolute Gasteiger partial charge is 0.161 e. The van der Waals surface area contributed by atoms with Gasteiger partial charge in [-0.2, -0.15) is 11.8 Å². The molecule has 0 N–H and O–H groups in total. The Bertz CT molecular complexity index is 331. The van der Waals surface area contributed by atoms with Gasteiger partial charge in [-0.05, 0) is 35.6 Å². The fraction of sp³-hybridized carbons (Fsp3) is 0.538. The van der Waals surface area contributed by atoms with Crippen LogP contribution in [0.3, 0.4) is 0 Å². The molecule has 0 aliphatic carbocycles. The Morgan fingerprint density at radius 1 is 1.29 bits per heavy atom. The number of hydrogen-bond donors (Lipinski definition) is 0. The zero-order chi connectivity index (χ0) is 12.5. The minimum atomic E-state index is 0.490. The van der Waals surface area contributed by atoms with Gasteiger partial charge in [0, 0.05) is 5.88 Å². The van der Waals surface area contributed by atoms with Crippen molar-refractivity contribution in [1.29, 1.82) is 0 Å². The van der Waals surface area contributed by atoms with Gasteiger partial charge in [-0.15, -0.1) is 11.6 Å². The fourth-order valence-electron chi connectivity index (χ4n) is 1.40. The molecule has 1 rings (SSSR count). The van der Waals surface area contributed by atoms with Crippen molar-refractivity contribution < 1.29 is 9.47 Å². The number of benzene rings is 1. The van der Waals surface area contributed by atoms with Crippen LogP contribution in [0.5, 0.6) is 11.5 Å². The van der Waals surface area contributed by atoms with Crippen molar-refractivity contribution in [3.05, 3.63) is 23.8 Å². The summed E-state index contributed by atoms with van der Waals surface area (Å²) in [4.78, 5) is 0. The van der Waals surface area contributed by atoms with E-state index in [0.717, 1.165) is 41.6 Å². The molecule has 0 saturated carbocycles. The molecular formula is C13H19ClO2S. The molecule has 0 aliphatic rings. The molecule has 0 heterocycles. The second kappa shape index (κ2) is 8.54. The third-order valence-electron chi connectivity index (χ3n) is 2.28. The molecule has 0 radical (unpaired) electrons. The standard InChI is InChI=1S/C13H19ClO2S/c1-3-17-8-4-7-16-12-6-5-11(10-14)9-13(12)15-2/h5-6,9H,3-4,7-8,10H2,1-2H3. The van der Waals surface area contributed by atoms with Crippen molar-refractivity contribution in [1.82, 2.24) is 0 Å². The molecule has 17 heavy (non-hydrogen) atoms. The summed E-state index contributed by atoms with van der Waals surface area (Å²) in [6.45, 7) is 2.89. The van der Waals surface area contributed by atoms with Crippen LogP contribution in [-0.2, 0) is 5.88 Å². The first-order valence-electron chi connectivity index (χ1n) is 5.75. The average molecular weight is 275 g/mol. The van der Waals surface area contributed by atoms with Gasteiger partial charge < -0.3 is 9.47 Å². The molecule has 0 spiro atoms. The number of thioether (sulfide) groups is 1. The molecule has 4 heteroatoms. The Labute approximate surface area is 113 Å². The minimum Gasteiger partial charge on any atom is -0.493 e. The van der Waals surface area contributed by atoms with Crippen LogP contribution in [0.15, 0.2) is 18.2 Å². The Hall–Kier alpha value is -0.540. The third-order valence-corrected chi connectivity index (χ3v) is 3.57. The molecule has 0 unspecified atom stereocenters. The minimum absolute atomic E-state index is 0.490. The Kier molecular flexibility index (Phi) is 7.29. The van der Waals surface area contributed by atoms with Gasteiger partial charge in [-0.1, -0.05) is 13.0 Å². The van der Waals surface area contributed by atoms with Crippen LogP contribution in [0, 0.1) is 0 Å². The van der Waals surface area contributed by atoms with Crippen molar-refractivity contribution in [2.75, 3.05) is 25.2 Å². The second-order valence-electron chi connectivity index (χ2n) is 3.52. The van der Waals surface area contributed by atoms with E-state index >= 15 is 0 Å². The van der Waals surface area contributed by atoms with Gasteiger partial charge >= 0.3 is 0 Å². The van der Waals surface area contributed by atoms with Crippen LogP contribution in [0.1, 0.15) is 18.9 Å². The Morgan fingerprint density at radius 3 is 2.76 bits per heavy atom. The largest absolute Gasteiger partial charge is 0.493 e. The molecule has 96 valence electrons. The van der Waals surface area contributed by atoms with Crippen LogP contribution in [0.2, 0.25) is 0 Å². The van der Waals surface area contributed by atoms with Crippen molar-refractivity contribution in [3.63, 3.8) is 0 Å². The van der Waals surface area contributed by atoms with E-state index in [0.29, 0.717) is 5.88 Å². The van der Waals surface area contributed by atoms with Gasteiger partial charge in [0.05, 0.1) is 13.7 Å². The normalized spacial score (nSPS) is 10.3. The lowest BCUT2D eigenvalue weighted by molar-refractivity contribution is 0.295. The maximum Gasteiger partial charge on any atom is 0.161 e. The molecule has 0 atom stereocenters. The van der Waals surface area contributed by atoms with Crippen LogP contribution in [-0.4, -0.2) is 25.2 Å². The topological polar surface area (TPSA) is 18.5 Å². The summed E-state index contributed by atoms with van der Waals surface area (Å²) in [5.74, 6) is 4.34. The molecule has 1 aromatic carbocycles. The quantitative estimate of drug-likeness (QED) is 0.528. The number of ether oxygens (including phenoxy) is 2. The number of alkyl halides is 1. The first kappa shape index (κ1) is 14.5.